The molecule has 0 N–H and O–H groups in total. The monoisotopic (exact) mass is 384 g/mol. The highest BCUT2D eigenvalue weighted by molar-refractivity contribution is 5.76. The molecule has 3 aliphatic heterocycles. The van der Waals surface area contributed by atoms with Crippen LogP contribution >= 0.6 is 0 Å². The van der Waals surface area contributed by atoms with E-state index in [4.69, 9.17) is 0 Å². The minimum absolute atomic E-state index is 0.194. The van der Waals surface area contributed by atoms with Crippen LogP contribution in [-0.2, 0) is 24.3 Å². The Balaban J connectivity index is 1.37. The van der Waals surface area contributed by atoms with Gasteiger partial charge in [0.1, 0.15) is 11.6 Å². The summed E-state index contributed by atoms with van der Waals surface area (Å²) in [6, 6.07) is 7.07. The highest BCUT2D eigenvalue weighted by Crippen LogP contribution is 2.29. The van der Waals surface area contributed by atoms with Gasteiger partial charge in [-0.15, -0.1) is 0 Å². The predicted octanol–water partition coefficient (Wildman–Crippen LogP) is 3.10. The SMILES string of the molecule is CCc1nccn1CCC(=O)N1C[C@@H]2CC[C@H]1CN(Cc1ccc(F)cc1)C2. The van der Waals surface area contributed by atoms with E-state index in [1.54, 1.807) is 0 Å². The highest BCUT2D eigenvalue weighted by Gasteiger charge is 2.36. The molecule has 6 heteroatoms. The molecule has 0 spiro atoms. The third-order valence-electron chi connectivity index (χ3n) is 6.11. The van der Waals surface area contributed by atoms with E-state index in [9.17, 15) is 9.18 Å². The zero-order valence-corrected chi connectivity index (χ0v) is 16.6. The Labute approximate surface area is 166 Å². The summed E-state index contributed by atoms with van der Waals surface area (Å²) in [5.74, 6) is 1.63. The van der Waals surface area contributed by atoms with Crippen LogP contribution in [0.2, 0.25) is 0 Å². The summed E-state index contributed by atoms with van der Waals surface area (Å²) < 4.78 is 15.3. The second-order valence-electron chi connectivity index (χ2n) is 8.10. The van der Waals surface area contributed by atoms with E-state index in [-0.39, 0.29) is 11.7 Å². The molecule has 0 radical (unpaired) electrons. The van der Waals surface area contributed by atoms with Gasteiger partial charge in [-0.1, -0.05) is 19.1 Å². The maximum atomic E-state index is 13.2. The highest BCUT2D eigenvalue weighted by atomic mass is 19.1. The first kappa shape index (κ1) is 19.1. The molecule has 5 nitrogen and oxygen atoms in total. The quantitative estimate of drug-likeness (QED) is 0.769. The zero-order chi connectivity index (χ0) is 19.5. The number of fused-ring (bicyclic) bond motifs is 4. The Kier molecular flexibility index (Phi) is 5.76. The fourth-order valence-electron chi connectivity index (χ4n) is 4.68. The lowest BCUT2D eigenvalue weighted by molar-refractivity contribution is -0.135. The Morgan fingerprint density at radius 2 is 2.00 bits per heavy atom. The number of halogens is 1. The van der Waals surface area contributed by atoms with Crippen LogP contribution in [0, 0.1) is 11.7 Å². The third-order valence-corrected chi connectivity index (χ3v) is 6.11. The Bertz CT molecular complexity index is 803. The van der Waals surface area contributed by atoms with Gasteiger partial charge in [-0.3, -0.25) is 9.69 Å². The Morgan fingerprint density at radius 1 is 1.18 bits per heavy atom. The number of aryl methyl sites for hydroxylation is 2. The van der Waals surface area contributed by atoms with Gasteiger partial charge in [0.2, 0.25) is 5.91 Å². The van der Waals surface area contributed by atoms with E-state index in [1.807, 2.05) is 24.5 Å². The standard InChI is InChI=1S/C22H29FN4O/c1-2-21-24-10-12-26(21)11-9-22(28)27-15-18-5-8-20(27)16-25(14-18)13-17-3-6-19(23)7-4-17/h3-4,6-7,10,12,18,20H,2,5,8-9,11,13-16H2,1H3/t18-,20+/m1/s1. The maximum absolute atomic E-state index is 13.2. The van der Waals surface area contributed by atoms with Gasteiger partial charge in [-0.05, 0) is 36.5 Å². The number of carbonyl (C=O) groups is 1. The van der Waals surface area contributed by atoms with E-state index in [0.29, 0.717) is 24.9 Å². The predicted molar refractivity (Wildman–Crippen MR) is 106 cm³/mol. The van der Waals surface area contributed by atoms with E-state index in [1.165, 1.54) is 18.6 Å². The minimum atomic E-state index is -0.194. The van der Waals surface area contributed by atoms with Crippen LogP contribution in [0.1, 0.15) is 37.6 Å². The van der Waals surface area contributed by atoms with Crippen molar-refractivity contribution in [3.8, 4) is 0 Å². The lowest BCUT2D eigenvalue weighted by Crippen LogP contribution is -2.47. The molecule has 0 aliphatic carbocycles. The molecule has 3 fully saturated rings. The van der Waals surface area contributed by atoms with Crippen LogP contribution in [-0.4, -0.2) is 50.9 Å². The number of amides is 1. The molecule has 2 aromatic rings. The molecule has 1 aromatic carbocycles. The number of carbonyl (C=O) groups excluding carboxylic acids is 1. The topological polar surface area (TPSA) is 41.4 Å². The van der Waals surface area contributed by atoms with Crippen molar-refractivity contribution in [2.45, 2.75) is 51.7 Å². The van der Waals surface area contributed by atoms with Gasteiger partial charge < -0.3 is 9.47 Å². The van der Waals surface area contributed by atoms with Gasteiger partial charge in [0, 0.05) is 64.0 Å². The summed E-state index contributed by atoms with van der Waals surface area (Å²) >= 11 is 0. The summed E-state index contributed by atoms with van der Waals surface area (Å²) in [6.07, 6.45) is 7.46. The first-order valence-electron chi connectivity index (χ1n) is 10.4. The molecule has 2 bridgehead atoms. The average Bonchev–Trinajstić information content (AvgIpc) is 2.98. The van der Waals surface area contributed by atoms with Crippen molar-refractivity contribution >= 4 is 5.91 Å². The van der Waals surface area contributed by atoms with Crippen molar-refractivity contribution in [1.29, 1.82) is 0 Å². The lowest BCUT2D eigenvalue weighted by atomic mass is 9.94. The van der Waals surface area contributed by atoms with Crippen molar-refractivity contribution in [1.82, 2.24) is 19.4 Å². The van der Waals surface area contributed by atoms with Crippen LogP contribution in [0.5, 0.6) is 0 Å². The van der Waals surface area contributed by atoms with Gasteiger partial charge in [0.15, 0.2) is 0 Å². The van der Waals surface area contributed by atoms with Gasteiger partial charge in [-0.2, -0.15) is 0 Å². The fourth-order valence-corrected chi connectivity index (χ4v) is 4.68. The number of rotatable bonds is 6. The molecule has 0 saturated carbocycles. The molecular weight excluding hydrogens is 355 g/mol. The number of piperidine rings is 1. The van der Waals surface area contributed by atoms with Crippen LogP contribution in [0.15, 0.2) is 36.7 Å². The normalized spacial score (nSPS) is 22.4. The number of benzene rings is 1. The van der Waals surface area contributed by atoms with Crippen LogP contribution in [0.4, 0.5) is 4.39 Å². The third kappa shape index (κ3) is 4.27. The number of hydrogen-bond acceptors (Lipinski definition) is 3. The molecule has 3 saturated heterocycles. The second-order valence-corrected chi connectivity index (χ2v) is 8.10. The van der Waals surface area contributed by atoms with Gasteiger partial charge in [-0.25, -0.2) is 9.37 Å². The molecule has 0 unspecified atom stereocenters. The van der Waals surface area contributed by atoms with E-state index < -0.39 is 0 Å². The van der Waals surface area contributed by atoms with Crippen molar-refractivity contribution in [2.75, 3.05) is 19.6 Å². The second kappa shape index (κ2) is 8.43. The Hall–Kier alpha value is -2.21. The lowest BCUT2D eigenvalue weighted by Gasteiger charge is -2.36. The van der Waals surface area contributed by atoms with E-state index >= 15 is 0 Å². The number of nitrogens with zero attached hydrogens (tertiary/aromatic N) is 4. The summed E-state index contributed by atoms with van der Waals surface area (Å²) in [6.45, 7) is 6.40. The van der Waals surface area contributed by atoms with E-state index in [0.717, 1.165) is 50.4 Å². The van der Waals surface area contributed by atoms with Crippen molar-refractivity contribution < 1.29 is 9.18 Å². The number of hydrogen-bond donors (Lipinski definition) is 0. The molecule has 1 aromatic heterocycles. The molecule has 1 amide bonds. The smallest absolute Gasteiger partial charge is 0.224 e. The molecule has 150 valence electrons. The van der Waals surface area contributed by atoms with Gasteiger partial charge in [0.05, 0.1) is 0 Å². The molecule has 3 aliphatic rings. The Morgan fingerprint density at radius 3 is 2.79 bits per heavy atom. The van der Waals surface area contributed by atoms with Gasteiger partial charge >= 0.3 is 0 Å². The molecular formula is C22H29FN4O. The summed E-state index contributed by atoms with van der Waals surface area (Å²) in [5.41, 5.74) is 1.13. The number of aromatic nitrogens is 2. The fraction of sp³-hybridized carbons (Fsp3) is 0.545. The van der Waals surface area contributed by atoms with Crippen LogP contribution in [0.25, 0.3) is 0 Å². The first-order valence-corrected chi connectivity index (χ1v) is 10.4. The summed E-state index contributed by atoms with van der Waals surface area (Å²) in [5, 5.41) is 0. The molecule has 4 heterocycles. The summed E-state index contributed by atoms with van der Waals surface area (Å²) in [7, 11) is 0. The minimum Gasteiger partial charge on any atom is -0.338 e. The van der Waals surface area contributed by atoms with E-state index in [2.05, 4.69) is 26.3 Å². The number of imidazole rings is 1. The van der Waals surface area contributed by atoms with Crippen LogP contribution in [0.3, 0.4) is 0 Å². The van der Waals surface area contributed by atoms with Crippen molar-refractivity contribution in [3.63, 3.8) is 0 Å². The molecule has 2 atom stereocenters. The maximum Gasteiger partial charge on any atom is 0.224 e. The zero-order valence-electron chi connectivity index (χ0n) is 16.6. The summed E-state index contributed by atoms with van der Waals surface area (Å²) in [4.78, 5) is 21.9. The van der Waals surface area contributed by atoms with Crippen molar-refractivity contribution in [3.05, 3.63) is 53.9 Å². The van der Waals surface area contributed by atoms with Crippen LogP contribution < -0.4 is 0 Å². The van der Waals surface area contributed by atoms with Gasteiger partial charge in [0.25, 0.3) is 0 Å². The average molecular weight is 384 g/mol. The van der Waals surface area contributed by atoms with Crippen molar-refractivity contribution in [2.24, 2.45) is 5.92 Å². The first-order chi connectivity index (χ1) is 13.6. The molecule has 5 rings (SSSR count). The largest absolute Gasteiger partial charge is 0.338 e. The molecule has 28 heavy (non-hydrogen) atoms.